The van der Waals surface area contributed by atoms with Gasteiger partial charge in [0, 0.05) is 13.1 Å². The molecule has 2 aromatic rings. The topological polar surface area (TPSA) is 143 Å². The Kier molecular flexibility index (Phi) is 6.18. The predicted molar refractivity (Wildman–Crippen MR) is 83.7 cm³/mol. The fraction of sp³-hybridized carbons (Fsp3) is 0.500. The van der Waals surface area contributed by atoms with E-state index in [-0.39, 0.29) is 5.69 Å². The van der Waals surface area contributed by atoms with Gasteiger partial charge in [-0.15, -0.1) is 4.91 Å². The first-order chi connectivity index (χ1) is 10.0. The van der Waals surface area contributed by atoms with Gasteiger partial charge in [0.15, 0.2) is 11.5 Å². The van der Waals surface area contributed by atoms with E-state index in [1.54, 1.807) is 15.6 Å². The fourth-order valence-corrected chi connectivity index (χ4v) is 1.64. The van der Waals surface area contributed by atoms with E-state index in [0.29, 0.717) is 17.3 Å². The van der Waals surface area contributed by atoms with Gasteiger partial charge in [-0.3, -0.25) is 0 Å². The molecule has 0 atom stereocenters. The molecule has 0 unspecified atom stereocenters. The molecule has 0 spiro atoms. The summed E-state index contributed by atoms with van der Waals surface area (Å²) in [4.78, 5) is 10.1. The molecule has 0 aliphatic carbocycles. The highest BCUT2D eigenvalue weighted by atomic mass is 16.3. The van der Waals surface area contributed by atoms with Gasteiger partial charge in [0.05, 0.1) is 18.1 Å². The Morgan fingerprint density at radius 2 is 1.52 bits per heavy atom. The van der Waals surface area contributed by atoms with E-state index in [1.807, 2.05) is 6.92 Å². The van der Waals surface area contributed by atoms with Crippen molar-refractivity contribution in [2.24, 2.45) is 5.18 Å². The summed E-state index contributed by atoms with van der Waals surface area (Å²) in [5, 5.41) is 10.6. The highest BCUT2D eigenvalue weighted by molar-refractivity contribution is 5.57. The van der Waals surface area contributed by atoms with Gasteiger partial charge in [-0.2, -0.15) is 10.2 Å². The molecule has 0 saturated carbocycles. The van der Waals surface area contributed by atoms with Gasteiger partial charge < -0.3 is 17.2 Å². The first-order valence-electron chi connectivity index (χ1n) is 6.76. The second-order valence-corrected chi connectivity index (χ2v) is 4.44. The number of hydrogen-bond donors (Lipinski definition) is 3. The third-order valence-corrected chi connectivity index (χ3v) is 2.74. The molecule has 2 aromatic heterocycles. The fourth-order valence-electron chi connectivity index (χ4n) is 1.64. The number of aromatic nitrogens is 4. The average molecular weight is 294 g/mol. The Bertz CT molecular complexity index is 574. The highest BCUT2D eigenvalue weighted by Crippen LogP contribution is 2.20. The van der Waals surface area contributed by atoms with Gasteiger partial charge in [0.1, 0.15) is 5.82 Å². The van der Waals surface area contributed by atoms with Crippen LogP contribution in [0.5, 0.6) is 0 Å². The summed E-state index contributed by atoms with van der Waals surface area (Å²) in [5.41, 5.74) is 17.3. The molecule has 0 aliphatic heterocycles. The SMILES string of the molecule is CCCn1ncc(N)c1N.CCCn1ncc(N=O)c1N. The van der Waals surface area contributed by atoms with E-state index >= 15 is 0 Å². The number of nitrogen functional groups attached to an aromatic ring is 3. The van der Waals surface area contributed by atoms with Crippen LogP contribution < -0.4 is 17.2 Å². The van der Waals surface area contributed by atoms with Crippen molar-refractivity contribution in [2.45, 2.75) is 39.8 Å². The Balaban J connectivity index is 0.000000211. The number of nitroso groups, excluding NO2 is 1. The van der Waals surface area contributed by atoms with E-state index in [2.05, 4.69) is 22.3 Å². The Morgan fingerprint density at radius 3 is 1.90 bits per heavy atom. The van der Waals surface area contributed by atoms with E-state index in [0.717, 1.165) is 25.9 Å². The van der Waals surface area contributed by atoms with Crippen LogP contribution >= 0.6 is 0 Å². The van der Waals surface area contributed by atoms with E-state index in [4.69, 9.17) is 17.2 Å². The summed E-state index contributed by atoms with van der Waals surface area (Å²) in [6, 6.07) is 0. The Labute approximate surface area is 123 Å². The van der Waals surface area contributed by atoms with Gasteiger partial charge in [-0.05, 0) is 18.0 Å². The average Bonchev–Trinajstić information content (AvgIpc) is 2.98. The van der Waals surface area contributed by atoms with E-state index < -0.39 is 0 Å². The zero-order valence-electron chi connectivity index (χ0n) is 12.4. The highest BCUT2D eigenvalue weighted by Gasteiger charge is 2.05. The summed E-state index contributed by atoms with van der Waals surface area (Å²) in [5.74, 6) is 0.920. The number of anilines is 3. The van der Waals surface area contributed by atoms with Gasteiger partial charge in [-0.25, -0.2) is 9.36 Å². The van der Waals surface area contributed by atoms with Crippen LogP contribution in [0.15, 0.2) is 17.6 Å². The van der Waals surface area contributed by atoms with Crippen molar-refractivity contribution < 1.29 is 0 Å². The molecule has 9 nitrogen and oxygen atoms in total. The van der Waals surface area contributed by atoms with E-state index in [1.165, 1.54) is 6.20 Å². The lowest BCUT2D eigenvalue weighted by atomic mass is 10.5. The van der Waals surface area contributed by atoms with Crippen LogP contribution in [0.25, 0.3) is 0 Å². The first kappa shape index (κ1) is 16.5. The van der Waals surface area contributed by atoms with Crippen molar-refractivity contribution in [1.82, 2.24) is 19.6 Å². The van der Waals surface area contributed by atoms with Crippen molar-refractivity contribution in [1.29, 1.82) is 0 Å². The molecule has 0 aliphatic rings. The number of nitrogens with two attached hydrogens (primary N) is 3. The van der Waals surface area contributed by atoms with Crippen LogP contribution in [-0.2, 0) is 13.1 Å². The van der Waals surface area contributed by atoms with Crippen LogP contribution in [0.4, 0.5) is 23.0 Å². The molecule has 116 valence electrons. The monoisotopic (exact) mass is 294 g/mol. The molecule has 9 heteroatoms. The second kappa shape index (κ2) is 7.88. The minimum absolute atomic E-state index is 0.221. The zero-order chi connectivity index (χ0) is 15.8. The van der Waals surface area contributed by atoms with Gasteiger partial charge in [0.2, 0.25) is 0 Å². The molecule has 21 heavy (non-hydrogen) atoms. The number of rotatable bonds is 5. The normalized spacial score (nSPS) is 10.0. The molecule has 0 amide bonds. The maximum atomic E-state index is 10.1. The van der Waals surface area contributed by atoms with Crippen molar-refractivity contribution in [2.75, 3.05) is 17.2 Å². The van der Waals surface area contributed by atoms with Gasteiger partial charge >= 0.3 is 0 Å². The zero-order valence-corrected chi connectivity index (χ0v) is 12.4. The molecule has 2 rings (SSSR count). The maximum Gasteiger partial charge on any atom is 0.169 e. The van der Waals surface area contributed by atoms with Crippen molar-refractivity contribution in [3.63, 3.8) is 0 Å². The molecule has 2 heterocycles. The van der Waals surface area contributed by atoms with Gasteiger partial charge in [0.25, 0.3) is 0 Å². The molecular formula is C12H22N8O. The third kappa shape index (κ3) is 4.20. The predicted octanol–water partition coefficient (Wildman–Crippen LogP) is 1.73. The van der Waals surface area contributed by atoms with Crippen LogP contribution in [0.3, 0.4) is 0 Å². The maximum absolute atomic E-state index is 10.1. The minimum atomic E-state index is 0.221. The van der Waals surface area contributed by atoms with Crippen molar-refractivity contribution >= 4 is 23.0 Å². The quantitative estimate of drug-likeness (QED) is 0.716. The lowest BCUT2D eigenvalue weighted by Gasteiger charge is -1.99. The number of aryl methyl sites for hydroxylation is 2. The Hall–Kier alpha value is -2.58. The van der Waals surface area contributed by atoms with Gasteiger partial charge in [-0.1, -0.05) is 13.8 Å². The molecule has 0 saturated heterocycles. The van der Waals surface area contributed by atoms with Crippen LogP contribution in [0.1, 0.15) is 26.7 Å². The molecule has 0 fully saturated rings. The second-order valence-electron chi connectivity index (χ2n) is 4.44. The lowest BCUT2D eigenvalue weighted by Crippen LogP contribution is -2.04. The summed E-state index contributed by atoms with van der Waals surface area (Å²) in [6.45, 7) is 5.64. The lowest BCUT2D eigenvalue weighted by molar-refractivity contribution is 0.611. The number of nitrogens with zero attached hydrogens (tertiary/aromatic N) is 5. The summed E-state index contributed by atoms with van der Waals surface area (Å²) in [6.07, 6.45) is 4.90. The minimum Gasteiger partial charge on any atom is -0.394 e. The van der Waals surface area contributed by atoms with E-state index in [9.17, 15) is 4.91 Å². The molecule has 0 aromatic carbocycles. The van der Waals surface area contributed by atoms with Crippen LogP contribution in [0.2, 0.25) is 0 Å². The van der Waals surface area contributed by atoms with Crippen LogP contribution in [0, 0.1) is 4.91 Å². The Morgan fingerprint density at radius 1 is 1.00 bits per heavy atom. The van der Waals surface area contributed by atoms with Crippen LogP contribution in [-0.4, -0.2) is 19.6 Å². The standard InChI is InChI=1S/C6H10N4O.C6H12N4/c1-2-3-10-6(7)5(9-11)4-8-10;1-2-3-10-6(8)5(7)4-9-10/h4H,2-3,7H2,1H3;4H,2-3,7-8H2,1H3. The summed E-state index contributed by atoms with van der Waals surface area (Å²) >= 11 is 0. The number of hydrogen-bond acceptors (Lipinski definition) is 7. The van der Waals surface area contributed by atoms with Crippen molar-refractivity contribution in [3.8, 4) is 0 Å². The first-order valence-corrected chi connectivity index (χ1v) is 6.76. The molecule has 6 N–H and O–H groups in total. The smallest absolute Gasteiger partial charge is 0.169 e. The third-order valence-electron chi connectivity index (χ3n) is 2.74. The molecule has 0 radical (unpaired) electrons. The molecular weight excluding hydrogens is 272 g/mol. The summed E-state index contributed by atoms with van der Waals surface area (Å²) in [7, 11) is 0. The summed E-state index contributed by atoms with van der Waals surface area (Å²) < 4.78 is 3.27. The molecule has 0 bridgehead atoms. The van der Waals surface area contributed by atoms with Crippen molar-refractivity contribution in [3.05, 3.63) is 17.3 Å². The largest absolute Gasteiger partial charge is 0.394 e.